The number of nitrogens with two attached hydrogens (primary N) is 1. The van der Waals surface area contributed by atoms with Crippen molar-refractivity contribution in [3.63, 3.8) is 0 Å². The molecular formula is C32H43ClN4O8. The van der Waals surface area contributed by atoms with Crippen LogP contribution in [0.5, 0.6) is 23.0 Å². The maximum atomic E-state index is 13.4. The van der Waals surface area contributed by atoms with Gasteiger partial charge in [-0.15, -0.1) is 0 Å². The molecule has 3 atom stereocenters. The van der Waals surface area contributed by atoms with Gasteiger partial charge in [-0.3, -0.25) is 9.59 Å². The first-order valence-corrected chi connectivity index (χ1v) is 15.6. The molecule has 2 unspecified atom stereocenters. The number of esters is 1. The molecule has 2 amide bonds. The molecule has 45 heavy (non-hydrogen) atoms. The van der Waals surface area contributed by atoms with Gasteiger partial charge in [0, 0.05) is 31.7 Å². The van der Waals surface area contributed by atoms with E-state index in [1.54, 1.807) is 12.1 Å². The zero-order valence-electron chi connectivity index (χ0n) is 26.2. The summed E-state index contributed by atoms with van der Waals surface area (Å²) in [7, 11) is 4.47. The zero-order chi connectivity index (χ0) is 32.3. The number of hydrogen-bond acceptors (Lipinski definition) is 10. The van der Waals surface area contributed by atoms with Crippen LogP contribution >= 0.6 is 11.6 Å². The average molecular weight is 647 g/mol. The quantitative estimate of drug-likeness (QED) is 0.449. The van der Waals surface area contributed by atoms with E-state index >= 15 is 0 Å². The molecule has 4 rings (SSSR count). The van der Waals surface area contributed by atoms with Crippen LogP contribution in [0, 0.1) is 0 Å². The Labute approximate surface area is 269 Å². The fourth-order valence-electron chi connectivity index (χ4n) is 5.64. The number of primary amides is 1. The SMILES string of the molecule is COc1cc(C(=O)O[C@H]2CCCOc3cc(cc(Cl)c3C(N)=O)C(=O)NCCCN3CCCN(CC2)CC3)cc(OC)c1OC. The van der Waals surface area contributed by atoms with Crippen LogP contribution in [0.3, 0.4) is 0 Å². The summed E-state index contributed by atoms with van der Waals surface area (Å²) in [5.74, 6) is -0.354. The summed E-state index contributed by atoms with van der Waals surface area (Å²) in [6, 6.07) is 6.05. The second-order valence-electron chi connectivity index (χ2n) is 11.1. The molecule has 0 spiro atoms. The molecule has 0 saturated carbocycles. The van der Waals surface area contributed by atoms with Gasteiger partial charge in [0.2, 0.25) is 5.75 Å². The van der Waals surface area contributed by atoms with Crippen LogP contribution in [0.4, 0.5) is 0 Å². The zero-order valence-corrected chi connectivity index (χ0v) is 27.0. The molecule has 0 radical (unpaired) electrons. The van der Waals surface area contributed by atoms with Crippen molar-refractivity contribution in [3.8, 4) is 23.0 Å². The average Bonchev–Trinajstić information content (AvgIpc) is 3.26. The molecule has 246 valence electrons. The lowest BCUT2D eigenvalue weighted by Gasteiger charge is -2.25. The molecule has 2 aromatic rings. The number of fused-ring (bicyclic) bond motifs is 5. The number of carbonyl (C=O) groups excluding carboxylic acids is 3. The molecule has 2 aromatic carbocycles. The minimum absolute atomic E-state index is 0.0120. The lowest BCUT2D eigenvalue weighted by Crippen LogP contribution is -2.34. The van der Waals surface area contributed by atoms with Crippen molar-refractivity contribution in [2.24, 2.45) is 5.73 Å². The van der Waals surface area contributed by atoms with Gasteiger partial charge in [0.25, 0.3) is 11.8 Å². The van der Waals surface area contributed by atoms with Crippen LogP contribution in [-0.4, -0.2) is 107 Å². The second kappa shape index (κ2) is 16.5. The number of rotatable bonds is 6. The molecule has 4 bridgehead atoms. The van der Waals surface area contributed by atoms with Crippen molar-refractivity contribution >= 4 is 29.4 Å². The van der Waals surface area contributed by atoms with Gasteiger partial charge in [-0.1, -0.05) is 11.6 Å². The van der Waals surface area contributed by atoms with Gasteiger partial charge in [-0.05, 0) is 76.0 Å². The van der Waals surface area contributed by atoms with Crippen molar-refractivity contribution in [2.75, 3.05) is 73.7 Å². The molecule has 0 aromatic heterocycles. The number of amides is 2. The number of hydrogen-bond donors (Lipinski definition) is 2. The molecule has 12 nitrogen and oxygen atoms in total. The maximum Gasteiger partial charge on any atom is 0.338 e. The largest absolute Gasteiger partial charge is 0.493 e. The summed E-state index contributed by atoms with van der Waals surface area (Å²) in [4.78, 5) is 43.3. The minimum atomic E-state index is -0.757. The van der Waals surface area contributed by atoms with E-state index in [0.29, 0.717) is 43.1 Å². The summed E-state index contributed by atoms with van der Waals surface area (Å²) in [5.41, 5.74) is 6.15. The Balaban J connectivity index is 1.55. The predicted molar refractivity (Wildman–Crippen MR) is 169 cm³/mol. The van der Waals surface area contributed by atoms with E-state index in [4.69, 9.17) is 41.0 Å². The van der Waals surface area contributed by atoms with Gasteiger partial charge in [-0.25, -0.2) is 4.79 Å². The van der Waals surface area contributed by atoms with E-state index < -0.39 is 18.0 Å². The Hall–Kier alpha value is -3.74. The number of carbonyl (C=O) groups is 3. The molecule has 1 saturated heterocycles. The molecule has 0 aliphatic carbocycles. The van der Waals surface area contributed by atoms with E-state index in [9.17, 15) is 14.4 Å². The van der Waals surface area contributed by atoms with Gasteiger partial charge in [-0.2, -0.15) is 0 Å². The normalized spacial score (nSPS) is 21.5. The highest BCUT2D eigenvalue weighted by Gasteiger charge is 2.24. The highest BCUT2D eigenvalue weighted by Crippen LogP contribution is 2.38. The van der Waals surface area contributed by atoms with Gasteiger partial charge < -0.3 is 44.5 Å². The van der Waals surface area contributed by atoms with Gasteiger partial charge in [0.15, 0.2) is 11.5 Å². The van der Waals surface area contributed by atoms with Gasteiger partial charge in [0.05, 0.1) is 44.1 Å². The minimum Gasteiger partial charge on any atom is -0.493 e. The van der Waals surface area contributed by atoms with Crippen LogP contribution in [0.15, 0.2) is 24.3 Å². The van der Waals surface area contributed by atoms with Crippen LogP contribution in [0.2, 0.25) is 5.02 Å². The van der Waals surface area contributed by atoms with Crippen molar-refractivity contribution < 1.29 is 38.1 Å². The Kier molecular flexibility index (Phi) is 12.5. The van der Waals surface area contributed by atoms with Crippen LogP contribution in [0.25, 0.3) is 0 Å². The number of nitrogens with zero attached hydrogens (tertiary/aromatic N) is 2. The summed E-state index contributed by atoms with van der Waals surface area (Å²) in [6.45, 7) is 6.07. The highest BCUT2D eigenvalue weighted by atomic mass is 35.5. The molecule has 2 aliphatic heterocycles. The maximum absolute atomic E-state index is 13.4. The number of nitrogens with one attached hydrogen (secondary N) is 1. The second-order valence-corrected chi connectivity index (χ2v) is 11.5. The van der Waals surface area contributed by atoms with Crippen LogP contribution in [-0.2, 0) is 4.74 Å². The van der Waals surface area contributed by atoms with Crippen molar-refractivity contribution in [1.82, 2.24) is 15.1 Å². The first-order valence-electron chi connectivity index (χ1n) is 15.2. The smallest absolute Gasteiger partial charge is 0.338 e. The molecule has 3 N–H and O–H groups in total. The number of methoxy groups -OCH3 is 3. The topological polar surface area (TPSA) is 142 Å². The van der Waals surface area contributed by atoms with E-state index in [-0.39, 0.29) is 40.0 Å². The first kappa shape index (κ1) is 34.1. The highest BCUT2D eigenvalue weighted by molar-refractivity contribution is 6.34. The van der Waals surface area contributed by atoms with E-state index in [1.165, 1.54) is 33.5 Å². The fourth-order valence-corrected chi connectivity index (χ4v) is 5.95. The lowest BCUT2D eigenvalue weighted by molar-refractivity contribution is 0.0221. The van der Waals surface area contributed by atoms with E-state index in [2.05, 4.69) is 15.1 Å². The summed E-state index contributed by atoms with van der Waals surface area (Å²) in [6.07, 6.45) is 3.02. The lowest BCUT2D eigenvalue weighted by atomic mass is 10.1. The Morgan fingerprint density at radius 2 is 1.56 bits per heavy atom. The fraction of sp³-hybridized carbons (Fsp3) is 0.531. The third-order valence-electron chi connectivity index (χ3n) is 8.05. The summed E-state index contributed by atoms with van der Waals surface area (Å²) >= 11 is 6.37. The summed E-state index contributed by atoms with van der Waals surface area (Å²) < 4.78 is 28.2. The first-order chi connectivity index (χ1) is 21.7. The van der Waals surface area contributed by atoms with Crippen LogP contribution in [0.1, 0.15) is 63.2 Å². The molecule has 2 heterocycles. The van der Waals surface area contributed by atoms with Crippen molar-refractivity contribution in [2.45, 2.75) is 38.2 Å². The predicted octanol–water partition coefficient (Wildman–Crippen LogP) is 3.38. The molecule has 1 fully saturated rings. The standard InChI is InChI=1S/C32H43ClN4O8/c1-41-26-19-22(20-27(42-2)29(26)43-3)32(40)45-23-7-4-16-44-25-18-21(17-24(33)28(25)30(34)38)31(39)35-9-5-10-36-11-6-12-37(13-8-23)15-14-36/h17-20,23H,4-16H2,1-3H3,(H2,34,38)(H,35,39)/t23-/m0/s1. The molecular weight excluding hydrogens is 604 g/mol. The van der Waals surface area contributed by atoms with Crippen molar-refractivity contribution in [1.29, 1.82) is 0 Å². The molecule has 13 heteroatoms. The van der Waals surface area contributed by atoms with Crippen molar-refractivity contribution in [3.05, 3.63) is 46.0 Å². The van der Waals surface area contributed by atoms with E-state index in [0.717, 1.165) is 52.1 Å². The number of ether oxygens (including phenoxy) is 5. The number of halogens is 1. The Morgan fingerprint density at radius 1 is 0.889 bits per heavy atom. The third kappa shape index (κ3) is 9.15. The monoisotopic (exact) mass is 646 g/mol. The van der Waals surface area contributed by atoms with Crippen LogP contribution < -0.4 is 30.0 Å². The molecule has 2 aliphatic rings. The van der Waals surface area contributed by atoms with Gasteiger partial charge in [0.1, 0.15) is 11.9 Å². The third-order valence-corrected chi connectivity index (χ3v) is 8.35. The number of benzene rings is 2. The summed E-state index contributed by atoms with van der Waals surface area (Å²) in [5, 5.41) is 2.98. The van der Waals surface area contributed by atoms with Gasteiger partial charge >= 0.3 is 5.97 Å². The Bertz CT molecular complexity index is 1330. The van der Waals surface area contributed by atoms with E-state index in [1.807, 2.05) is 0 Å². The Morgan fingerprint density at radius 3 is 2.20 bits per heavy atom.